The van der Waals surface area contributed by atoms with Crippen LogP contribution in [0.3, 0.4) is 0 Å². The van der Waals surface area contributed by atoms with E-state index in [0.717, 1.165) is 11.1 Å². The first kappa shape index (κ1) is 13.6. The van der Waals surface area contributed by atoms with Gasteiger partial charge in [-0.15, -0.1) is 0 Å². The Morgan fingerprint density at radius 2 is 1.68 bits per heavy atom. The fourth-order valence-corrected chi connectivity index (χ4v) is 2.08. The Morgan fingerprint density at radius 1 is 1.05 bits per heavy atom. The SMILES string of the molecule is Cc1ccccc1CNC(=O)Cc1ccccc1Cl. The predicted molar refractivity (Wildman–Crippen MR) is 78.2 cm³/mol. The molecule has 0 aliphatic heterocycles. The van der Waals surface area contributed by atoms with Crippen LogP contribution in [0.1, 0.15) is 16.7 Å². The van der Waals surface area contributed by atoms with E-state index in [0.29, 0.717) is 18.0 Å². The van der Waals surface area contributed by atoms with Gasteiger partial charge in [0, 0.05) is 11.6 Å². The minimum Gasteiger partial charge on any atom is -0.352 e. The van der Waals surface area contributed by atoms with E-state index < -0.39 is 0 Å². The lowest BCUT2D eigenvalue weighted by Crippen LogP contribution is -2.25. The third kappa shape index (κ3) is 3.83. The fraction of sp³-hybridized carbons (Fsp3) is 0.188. The first-order valence-electron chi connectivity index (χ1n) is 6.21. The molecule has 2 aromatic rings. The summed E-state index contributed by atoms with van der Waals surface area (Å²) in [6, 6.07) is 15.4. The molecule has 1 N–H and O–H groups in total. The van der Waals surface area contributed by atoms with Crippen LogP contribution >= 0.6 is 11.6 Å². The summed E-state index contributed by atoms with van der Waals surface area (Å²) in [6.07, 6.45) is 0.311. The first-order valence-corrected chi connectivity index (χ1v) is 6.59. The van der Waals surface area contributed by atoms with Gasteiger partial charge in [-0.3, -0.25) is 4.79 Å². The van der Waals surface area contributed by atoms with E-state index in [4.69, 9.17) is 11.6 Å². The Hall–Kier alpha value is -1.80. The highest BCUT2D eigenvalue weighted by atomic mass is 35.5. The molecule has 0 atom stereocenters. The number of carbonyl (C=O) groups excluding carboxylic acids is 1. The first-order chi connectivity index (χ1) is 9.16. The highest BCUT2D eigenvalue weighted by molar-refractivity contribution is 6.31. The zero-order chi connectivity index (χ0) is 13.7. The molecule has 0 spiro atoms. The van der Waals surface area contributed by atoms with E-state index >= 15 is 0 Å². The Morgan fingerprint density at radius 3 is 2.37 bits per heavy atom. The number of nitrogens with one attached hydrogen (secondary N) is 1. The molecule has 1 amide bonds. The number of hydrogen-bond acceptors (Lipinski definition) is 1. The van der Waals surface area contributed by atoms with Crippen molar-refractivity contribution < 1.29 is 4.79 Å². The zero-order valence-electron chi connectivity index (χ0n) is 10.8. The summed E-state index contributed by atoms with van der Waals surface area (Å²) in [4.78, 5) is 11.9. The Labute approximate surface area is 118 Å². The molecule has 0 aliphatic rings. The second-order valence-electron chi connectivity index (χ2n) is 4.47. The van der Waals surface area contributed by atoms with Crippen LogP contribution in [0.5, 0.6) is 0 Å². The number of rotatable bonds is 4. The highest BCUT2D eigenvalue weighted by Crippen LogP contribution is 2.15. The van der Waals surface area contributed by atoms with E-state index in [1.54, 1.807) is 6.07 Å². The van der Waals surface area contributed by atoms with Gasteiger partial charge in [-0.05, 0) is 29.7 Å². The van der Waals surface area contributed by atoms with Gasteiger partial charge in [-0.2, -0.15) is 0 Å². The lowest BCUT2D eigenvalue weighted by Gasteiger charge is -2.08. The van der Waals surface area contributed by atoms with Gasteiger partial charge < -0.3 is 5.32 Å². The van der Waals surface area contributed by atoms with Crippen molar-refractivity contribution in [1.29, 1.82) is 0 Å². The van der Waals surface area contributed by atoms with Crippen LogP contribution in [0.25, 0.3) is 0 Å². The van der Waals surface area contributed by atoms with Gasteiger partial charge in [0.05, 0.1) is 6.42 Å². The van der Waals surface area contributed by atoms with Gasteiger partial charge >= 0.3 is 0 Å². The van der Waals surface area contributed by atoms with Crippen LogP contribution in [-0.4, -0.2) is 5.91 Å². The molecule has 0 fully saturated rings. The number of halogens is 1. The van der Waals surface area contributed by atoms with E-state index in [1.165, 1.54) is 5.56 Å². The topological polar surface area (TPSA) is 29.1 Å². The van der Waals surface area contributed by atoms with E-state index in [2.05, 4.69) is 5.32 Å². The van der Waals surface area contributed by atoms with Crippen molar-refractivity contribution >= 4 is 17.5 Å². The van der Waals surface area contributed by atoms with Crippen molar-refractivity contribution in [3.8, 4) is 0 Å². The van der Waals surface area contributed by atoms with Gasteiger partial charge in [0.2, 0.25) is 5.91 Å². The lowest BCUT2D eigenvalue weighted by atomic mass is 10.1. The predicted octanol–water partition coefficient (Wildman–Crippen LogP) is 3.51. The average molecular weight is 274 g/mol. The Bertz CT molecular complexity index is 580. The molecule has 3 heteroatoms. The number of benzene rings is 2. The summed E-state index contributed by atoms with van der Waals surface area (Å²) in [6.45, 7) is 2.59. The van der Waals surface area contributed by atoms with Crippen LogP contribution < -0.4 is 5.32 Å². The van der Waals surface area contributed by atoms with Crippen molar-refractivity contribution in [2.45, 2.75) is 19.9 Å². The van der Waals surface area contributed by atoms with Crippen molar-refractivity contribution in [3.05, 3.63) is 70.2 Å². The molecular formula is C16H16ClNO. The largest absolute Gasteiger partial charge is 0.352 e. The minimum absolute atomic E-state index is 0.0173. The fourth-order valence-electron chi connectivity index (χ4n) is 1.88. The number of amides is 1. The third-order valence-electron chi connectivity index (χ3n) is 3.05. The van der Waals surface area contributed by atoms with Crippen molar-refractivity contribution in [1.82, 2.24) is 5.32 Å². The molecular weight excluding hydrogens is 258 g/mol. The number of aryl methyl sites for hydroxylation is 1. The molecule has 0 saturated carbocycles. The van der Waals surface area contributed by atoms with Crippen molar-refractivity contribution in [2.75, 3.05) is 0 Å². The third-order valence-corrected chi connectivity index (χ3v) is 3.41. The second-order valence-corrected chi connectivity index (χ2v) is 4.88. The molecule has 0 bridgehead atoms. The van der Waals surface area contributed by atoms with E-state index in [1.807, 2.05) is 49.4 Å². The van der Waals surface area contributed by atoms with Gasteiger partial charge in [0.1, 0.15) is 0 Å². The monoisotopic (exact) mass is 273 g/mol. The number of hydrogen-bond donors (Lipinski definition) is 1. The van der Waals surface area contributed by atoms with E-state index in [9.17, 15) is 4.79 Å². The molecule has 2 rings (SSSR count). The molecule has 0 radical (unpaired) electrons. The molecule has 0 aromatic heterocycles. The van der Waals surface area contributed by atoms with Gasteiger partial charge in [-0.25, -0.2) is 0 Å². The van der Waals surface area contributed by atoms with E-state index in [-0.39, 0.29) is 5.91 Å². The molecule has 0 heterocycles. The van der Waals surface area contributed by atoms with Crippen molar-refractivity contribution in [3.63, 3.8) is 0 Å². The zero-order valence-corrected chi connectivity index (χ0v) is 11.6. The standard InChI is InChI=1S/C16H16ClNO/c1-12-6-2-3-8-14(12)11-18-16(19)10-13-7-4-5-9-15(13)17/h2-9H,10-11H2,1H3,(H,18,19). The smallest absolute Gasteiger partial charge is 0.224 e. The molecule has 2 nitrogen and oxygen atoms in total. The maximum Gasteiger partial charge on any atom is 0.224 e. The maximum atomic E-state index is 11.9. The Balaban J connectivity index is 1.92. The van der Waals surface area contributed by atoms with Gasteiger partial charge in [0.25, 0.3) is 0 Å². The molecule has 0 saturated heterocycles. The van der Waals surface area contributed by atoms with Gasteiger partial charge in [-0.1, -0.05) is 54.1 Å². The minimum atomic E-state index is -0.0173. The molecule has 2 aromatic carbocycles. The summed E-state index contributed by atoms with van der Waals surface area (Å²) in [5.41, 5.74) is 3.17. The summed E-state index contributed by atoms with van der Waals surface area (Å²) >= 11 is 6.03. The highest BCUT2D eigenvalue weighted by Gasteiger charge is 2.06. The van der Waals surface area contributed by atoms with Crippen LogP contribution in [-0.2, 0) is 17.8 Å². The summed E-state index contributed by atoms with van der Waals surface area (Å²) in [7, 11) is 0. The lowest BCUT2D eigenvalue weighted by molar-refractivity contribution is -0.120. The van der Waals surface area contributed by atoms with Crippen LogP contribution in [0.2, 0.25) is 5.02 Å². The number of carbonyl (C=O) groups is 1. The van der Waals surface area contributed by atoms with Crippen LogP contribution in [0.4, 0.5) is 0 Å². The molecule has 0 unspecified atom stereocenters. The molecule has 98 valence electrons. The van der Waals surface area contributed by atoms with Crippen LogP contribution in [0, 0.1) is 6.92 Å². The second kappa shape index (κ2) is 6.39. The molecule has 0 aliphatic carbocycles. The van der Waals surface area contributed by atoms with Crippen molar-refractivity contribution in [2.24, 2.45) is 0 Å². The Kier molecular flexibility index (Phi) is 4.58. The normalized spacial score (nSPS) is 10.2. The quantitative estimate of drug-likeness (QED) is 0.907. The van der Waals surface area contributed by atoms with Gasteiger partial charge in [0.15, 0.2) is 0 Å². The summed E-state index contributed by atoms with van der Waals surface area (Å²) in [5.74, 6) is -0.0173. The maximum absolute atomic E-state index is 11.9. The summed E-state index contributed by atoms with van der Waals surface area (Å²) < 4.78 is 0. The molecule has 19 heavy (non-hydrogen) atoms. The summed E-state index contributed by atoms with van der Waals surface area (Å²) in [5, 5.41) is 3.55. The van der Waals surface area contributed by atoms with Crippen LogP contribution in [0.15, 0.2) is 48.5 Å². The average Bonchev–Trinajstić information content (AvgIpc) is 2.40.